The van der Waals surface area contributed by atoms with Gasteiger partial charge in [0.05, 0.1) is 13.2 Å². The second-order valence-electron chi connectivity index (χ2n) is 11.3. The van der Waals surface area contributed by atoms with Gasteiger partial charge < -0.3 is 15.0 Å². The fraction of sp³-hybridized carbons (Fsp3) is 0.880. The lowest BCUT2D eigenvalue weighted by molar-refractivity contribution is -0.193. The number of hydrogen-bond acceptors (Lipinski definition) is 7. The van der Waals surface area contributed by atoms with Crippen molar-refractivity contribution in [3.05, 3.63) is 0 Å². The van der Waals surface area contributed by atoms with Gasteiger partial charge in [-0.05, 0) is 49.4 Å². The Morgan fingerprint density at radius 2 is 1.66 bits per heavy atom. The van der Waals surface area contributed by atoms with E-state index in [-0.39, 0.29) is 36.8 Å². The zero-order chi connectivity index (χ0) is 26.9. The van der Waals surface area contributed by atoms with E-state index in [9.17, 15) is 19.6 Å². The second-order valence-corrected chi connectivity index (χ2v) is 11.3. The summed E-state index contributed by atoms with van der Waals surface area (Å²) in [5.41, 5.74) is 0. The average Bonchev–Trinajstić information content (AvgIpc) is 2.74. The highest BCUT2D eigenvalue weighted by molar-refractivity contribution is 5.90. The number of amides is 3. The van der Waals surface area contributed by atoms with Crippen LogP contribution in [0.1, 0.15) is 81.1 Å². The molecular formula is C25H49N5O5. The van der Waals surface area contributed by atoms with Crippen LogP contribution in [0, 0.1) is 23.7 Å². The Morgan fingerprint density at radius 1 is 1.06 bits per heavy atom. The quantitative estimate of drug-likeness (QED) is 0.202. The number of rotatable bonds is 13. The lowest BCUT2D eigenvalue weighted by Gasteiger charge is -2.47. The first-order valence-corrected chi connectivity index (χ1v) is 13.0. The van der Waals surface area contributed by atoms with E-state index in [1.54, 1.807) is 0 Å². The van der Waals surface area contributed by atoms with Gasteiger partial charge in [0.15, 0.2) is 0 Å². The van der Waals surface area contributed by atoms with E-state index in [0.29, 0.717) is 42.7 Å². The van der Waals surface area contributed by atoms with Gasteiger partial charge in [-0.2, -0.15) is 5.06 Å². The van der Waals surface area contributed by atoms with Crippen LogP contribution in [0.25, 0.3) is 0 Å². The van der Waals surface area contributed by atoms with E-state index in [1.165, 1.54) is 9.91 Å². The molecule has 0 aliphatic carbocycles. The lowest BCUT2D eigenvalue weighted by Crippen LogP contribution is -2.71. The summed E-state index contributed by atoms with van der Waals surface area (Å²) in [6.07, 6.45) is 0.392. The summed E-state index contributed by atoms with van der Waals surface area (Å²) >= 11 is 0. The lowest BCUT2D eigenvalue weighted by atomic mass is 9.95. The van der Waals surface area contributed by atoms with Crippen molar-refractivity contribution >= 4 is 17.9 Å². The van der Waals surface area contributed by atoms with Gasteiger partial charge in [0, 0.05) is 6.54 Å². The maximum Gasteiger partial charge on any atom is 0.435 e. The summed E-state index contributed by atoms with van der Waals surface area (Å²) in [5, 5.41) is 15.4. The molecule has 1 fully saturated rings. The van der Waals surface area contributed by atoms with Crippen LogP contribution in [0.3, 0.4) is 0 Å². The Labute approximate surface area is 211 Å². The number of carbonyl (C=O) groups excluding carboxylic acids is 3. The second kappa shape index (κ2) is 14.6. The molecule has 0 bridgehead atoms. The largest absolute Gasteiger partial charge is 0.448 e. The molecule has 0 aromatic rings. The Bertz CT molecular complexity index is 685. The van der Waals surface area contributed by atoms with Crippen LogP contribution in [0.2, 0.25) is 0 Å². The van der Waals surface area contributed by atoms with E-state index in [4.69, 9.17) is 10.6 Å². The molecule has 1 heterocycles. The first kappa shape index (κ1) is 31.1. The third-order valence-electron chi connectivity index (χ3n) is 6.11. The molecule has 3 atom stereocenters. The maximum atomic E-state index is 13.6. The van der Waals surface area contributed by atoms with Crippen LogP contribution in [0.15, 0.2) is 0 Å². The van der Waals surface area contributed by atoms with E-state index in [0.717, 1.165) is 6.42 Å². The zero-order valence-electron chi connectivity index (χ0n) is 23.0. The van der Waals surface area contributed by atoms with Crippen LogP contribution in [0.4, 0.5) is 4.79 Å². The smallest absolute Gasteiger partial charge is 0.435 e. The summed E-state index contributed by atoms with van der Waals surface area (Å²) in [7, 11) is 0. The SMILES string of the molecule is CC(C)CCNC(=O)[C@H](CC(C)C)N1CC(N(O)C(=O)OCCC(C)C)N(N)[C@@H](CC(C)C)C1=O. The number of nitrogens with zero attached hydrogens (tertiary/aromatic N) is 3. The van der Waals surface area contributed by atoms with E-state index in [2.05, 4.69) is 19.2 Å². The van der Waals surface area contributed by atoms with Gasteiger partial charge in [-0.25, -0.2) is 9.80 Å². The normalized spacial score (nSPS) is 20.2. The Hall–Kier alpha value is -1.91. The Kier molecular flexibility index (Phi) is 13.0. The van der Waals surface area contributed by atoms with Crippen LogP contribution < -0.4 is 11.2 Å². The van der Waals surface area contributed by atoms with Crippen molar-refractivity contribution in [2.24, 2.45) is 29.5 Å². The van der Waals surface area contributed by atoms with Crippen molar-refractivity contribution in [2.45, 2.75) is 99.3 Å². The highest BCUT2D eigenvalue weighted by atomic mass is 16.6. The minimum atomic E-state index is -1.04. The molecule has 0 aromatic carbocycles. The molecule has 10 heteroatoms. The van der Waals surface area contributed by atoms with Gasteiger partial charge in [-0.3, -0.25) is 20.6 Å². The zero-order valence-corrected chi connectivity index (χ0v) is 23.0. The number of hydrogen-bond donors (Lipinski definition) is 3. The summed E-state index contributed by atoms with van der Waals surface area (Å²) < 4.78 is 5.21. The number of nitrogens with two attached hydrogens (primary N) is 1. The third kappa shape index (κ3) is 9.93. The maximum absolute atomic E-state index is 13.6. The summed E-state index contributed by atoms with van der Waals surface area (Å²) in [4.78, 5) is 40.8. The highest BCUT2D eigenvalue weighted by Crippen LogP contribution is 2.26. The van der Waals surface area contributed by atoms with Gasteiger partial charge >= 0.3 is 6.09 Å². The number of hydrazine groups is 1. The average molecular weight is 500 g/mol. The van der Waals surface area contributed by atoms with Gasteiger partial charge in [0.2, 0.25) is 11.8 Å². The summed E-state index contributed by atoms with van der Waals surface area (Å²) in [6.45, 7) is 16.7. The van der Waals surface area contributed by atoms with E-state index < -0.39 is 24.3 Å². The van der Waals surface area contributed by atoms with Crippen LogP contribution >= 0.6 is 0 Å². The first-order valence-electron chi connectivity index (χ1n) is 13.0. The molecule has 0 radical (unpaired) electrons. The van der Waals surface area contributed by atoms with Gasteiger partial charge in [0.25, 0.3) is 0 Å². The topological polar surface area (TPSA) is 128 Å². The molecule has 1 aliphatic heterocycles. The van der Waals surface area contributed by atoms with Gasteiger partial charge in [-0.15, -0.1) is 0 Å². The molecule has 4 N–H and O–H groups in total. The van der Waals surface area contributed by atoms with Crippen molar-refractivity contribution in [3.63, 3.8) is 0 Å². The molecule has 204 valence electrons. The molecule has 0 saturated carbocycles. The minimum Gasteiger partial charge on any atom is -0.448 e. The number of nitrogens with one attached hydrogen (secondary N) is 1. The number of hydroxylamine groups is 2. The van der Waals surface area contributed by atoms with Crippen molar-refractivity contribution < 1.29 is 24.3 Å². The fourth-order valence-corrected chi connectivity index (χ4v) is 4.03. The Morgan fingerprint density at radius 3 is 2.17 bits per heavy atom. The monoisotopic (exact) mass is 499 g/mol. The number of carbonyl (C=O) groups is 3. The number of ether oxygens (including phenoxy) is 1. The molecule has 1 rings (SSSR count). The predicted molar refractivity (Wildman–Crippen MR) is 135 cm³/mol. The van der Waals surface area contributed by atoms with Crippen molar-refractivity contribution in [1.82, 2.24) is 20.3 Å². The molecular weight excluding hydrogens is 450 g/mol. The number of piperazine rings is 1. The summed E-state index contributed by atoms with van der Waals surface area (Å²) in [5.74, 6) is 6.85. The van der Waals surface area contributed by atoms with Gasteiger partial charge in [-0.1, -0.05) is 55.4 Å². The van der Waals surface area contributed by atoms with Crippen molar-refractivity contribution in [3.8, 4) is 0 Å². The molecule has 0 spiro atoms. The van der Waals surface area contributed by atoms with Crippen LogP contribution in [0.5, 0.6) is 0 Å². The van der Waals surface area contributed by atoms with Gasteiger partial charge in [0.1, 0.15) is 18.2 Å². The molecule has 1 unspecified atom stereocenters. The predicted octanol–water partition coefficient (Wildman–Crippen LogP) is 3.20. The van der Waals surface area contributed by atoms with Crippen molar-refractivity contribution in [1.29, 1.82) is 0 Å². The van der Waals surface area contributed by atoms with Crippen molar-refractivity contribution in [2.75, 3.05) is 19.7 Å². The van der Waals surface area contributed by atoms with E-state index in [1.807, 2.05) is 41.5 Å². The molecule has 0 aromatic heterocycles. The highest BCUT2D eigenvalue weighted by Gasteiger charge is 2.47. The minimum absolute atomic E-state index is 0.102. The first-order chi connectivity index (χ1) is 16.3. The van der Waals surface area contributed by atoms with Crippen LogP contribution in [-0.4, -0.2) is 76.0 Å². The third-order valence-corrected chi connectivity index (χ3v) is 6.11. The molecule has 10 nitrogen and oxygen atoms in total. The Balaban J connectivity index is 3.19. The summed E-state index contributed by atoms with van der Waals surface area (Å²) in [6, 6.07) is -1.52. The fourth-order valence-electron chi connectivity index (χ4n) is 4.03. The molecule has 1 aliphatic rings. The molecule has 35 heavy (non-hydrogen) atoms. The van der Waals surface area contributed by atoms with Crippen LogP contribution in [-0.2, 0) is 14.3 Å². The van der Waals surface area contributed by atoms with E-state index >= 15 is 0 Å². The molecule has 1 saturated heterocycles. The standard InChI is InChI=1S/C25H49N5O5/c1-16(2)9-11-27-23(31)20(13-18(5)6)28-15-22(29(26)21(24(28)32)14-19(7)8)30(34)25(33)35-12-10-17(3)4/h16-22,34H,9-15,26H2,1-8H3,(H,27,31)/t20-,21-,22?/m0/s1. The molecule has 3 amide bonds.